The molecule has 24 heavy (non-hydrogen) atoms. The van der Waals surface area contributed by atoms with Crippen LogP contribution < -0.4 is 16.0 Å². The number of ether oxygens (including phenoxy) is 1. The second-order valence-electron chi connectivity index (χ2n) is 6.62. The van der Waals surface area contributed by atoms with E-state index < -0.39 is 0 Å². The second-order valence-corrected chi connectivity index (χ2v) is 7.90. The summed E-state index contributed by atoms with van der Waals surface area (Å²) in [7, 11) is 1.73. The third kappa shape index (κ3) is 6.51. The number of thioether (sulfide) groups is 1. The van der Waals surface area contributed by atoms with Crippen LogP contribution >= 0.6 is 11.8 Å². The Morgan fingerprint density at radius 3 is 2.88 bits per heavy atom. The highest BCUT2D eigenvalue weighted by molar-refractivity contribution is 8.00. The summed E-state index contributed by atoms with van der Waals surface area (Å²) >= 11 is 1.93. The van der Waals surface area contributed by atoms with Gasteiger partial charge in [0.1, 0.15) is 0 Å². The van der Waals surface area contributed by atoms with Gasteiger partial charge in [0.05, 0.1) is 12.1 Å². The summed E-state index contributed by atoms with van der Waals surface area (Å²) in [5.41, 5.74) is 0. The van der Waals surface area contributed by atoms with Crippen molar-refractivity contribution in [1.29, 1.82) is 0 Å². The lowest BCUT2D eigenvalue weighted by molar-refractivity contribution is -0.121. The summed E-state index contributed by atoms with van der Waals surface area (Å²) < 4.78 is 5.01. The molecule has 2 aliphatic rings. The molecule has 3 amide bonds. The van der Waals surface area contributed by atoms with Crippen molar-refractivity contribution in [2.24, 2.45) is 0 Å². The maximum absolute atomic E-state index is 11.8. The molecule has 0 aromatic rings. The molecule has 2 rings (SSSR count). The molecular weight excluding hydrogens is 326 g/mol. The minimum Gasteiger partial charge on any atom is -0.385 e. The molecular formula is C17H31N3O3S. The van der Waals surface area contributed by atoms with E-state index in [4.69, 9.17) is 4.74 Å². The number of urea groups is 1. The second kappa shape index (κ2) is 10.8. The van der Waals surface area contributed by atoms with E-state index in [1.807, 2.05) is 11.8 Å². The Kier molecular flexibility index (Phi) is 8.74. The van der Waals surface area contributed by atoms with Crippen molar-refractivity contribution in [2.75, 3.05) is 26.0 Å². The van der Waals surface area contributed by atoms with Crippen LogP contribution in [0.2, 0.25) is 0 Å². The van der Waals surface area contributed by atoms with Crippen LogP contribution in [0.25, 0.3) is 0 Å². The van der Waals surface area contributed by atoms with Crippen molar-refractivity contribution in [3.63, 3.8) is 0 Å². The lowest BCUT2D eigenvalue weighted by Gasteiger charge is -2.16. The molecule has 0 aliphatic carbocycles. The molecule has 0 bridgehead atoms. The number of carbonyl (C=O) groups is 2. The van der Waals surface area contributed by atoms with Crippen molar-refractivity contribution < 1.29 is 14.3 Å². The highest BCUT2D eigenvalue weighted by Crippen LogP contribution is 2.33. The summed E-state index contributed by atoms with van der Waals surface area (Å²) in [6.45, 7) is 1.61. The van der Waals surface area contributed by atoms with Crippen molar-refractivity contribution in [1.82, 2.24) is 16.0 Å². The topological polar surface area (TPSA) is 79.5 Å². The molecule has 2 fully saturated rings. The first-order valence-corrected chi connectivity index (χ1v) is 10.2. The predicted octanol–water partition coefficient (Wildman–Crippen LogP) is 2.04. The van der Waals surface area contributed by atoms with Crippen LogP contribution in [0.15, 0.2) is 0 Å². The molecule has 6 nitrogen and oxygen atoms in total. The van der Waals surface area contributed by atoms with E-state index >= 15 is 0 Å². The molecule has 0 spiro atoms. The monoisotopic (exact) mass is 357 g/mol. The number of methoxy groups -OCH3 is 1. The van der Waals surface area contributed by atoms with Crippen LogP contribution in [0.5, 0.6) is 0 Å². The molecule has 2 aliphatic heterocycles. The van der Waals surface area contributed by atoms with Gasteiger partial charge in [0.2, 0.25) is 5.91 Å². The SMILES string of the molecule is COCCCCCCNC(=O)CCCCC1SCC2NC(=O)NC21. The Hall–Kier alpha value is -0.950. The number of rotatable bonds is 12. The van der Waals surface area contributed by atoms with Gasteiger partial charge in [0.25, 0.3) is 0 Å². The molecule has 0 saturated carbocycles. The third-order valence-corrected chi connectivity index (χ3v) is 6.19. The van der Waals surface area contributed by atoms with Gasteiger partial charge in [-0.05, 0) is 25.7 Å². The largest absolute Gasteiger partial charge is 0.385 e. The zero-order valence-electron chi connectivity index (χ0n) is 14.6. The molecule has 7 heteroatoms. The van der Waals surface area contributed by atoms with Crippen molar-refractivity contribution in [3.05, 3.63) is 0 Å². The quantitative estimate of drug-likeness (QED) is 0.369. The molecule has 2 saturated heterocycles. The first-order chi connectivity index (χ1) is 11.7. The van der Waals surface area contributed by atoms with E-state index in [-0.39, 0.29) is 18.0 Å². The molecule has 138 valence electrons. The lowest BCUT2D eigenvalue weighted by Crippen LogP contribution is -2.36. The summed E-state index contributed by atoms with van der Waals surface area (Å²) in [5, 5.41) is 9.46. The zero-order valence-corrected chi connectivity index (χ0v) is 15.5. The van der Waals surface area contributed by atoms with Gasteiger partial charge in [-0.2, -0.15) is 11.8 Å². The van der Waals surface area contributed by atoms with Gasteiger partial charge in [0.15, 0.2) is 0 Å². The van der Waals surface area contributed by atoms with Crippen LogP contribution in [0.1, 0.15) is 51.4 Å². The van der Waals surface area contributed by atoms with Gasteiger partial charge in [-0.3, -0.25) is 4.79 Å². The number of fused-ring (bicyclic) bond motifs is 1. The Morgan fingerprint density at radius 1 is 1.21 bits per heavy atom. The summed E-state index contributed by atoms with van der Waals surface area (Å²) in [6, 6.07) is 0.533. The minimum absolute atomic E-state index is 0.0307. The van der Waals surface area contributed by atoms with E-state index in [0.29, 0.717) is 17.7 Å². The van der Waals surface area contributed by atoms with Crippen molar-refractivity contribution >= 4 is 23.7 Å². The highest BCUT2D eigenvalue weighted by Gasteiger charge is 2.42. The lowest BCUT2D eigenvalue weighted by atomic mass is 10.0. The summed E-state index contributed by atoms with van der Waals surface area (Å²) in [4.78, 5) is 23.1. The van der Waals surface area contributed by atoms with Crippen LogP contribution in [0.4, 0.5) is 4.79 Å². The smallest absolute Gasteiger partial charge is 0.315 e. The number of nitrogens with one attached hydrogen (secondary N) is 3. The molecule has 0 aromatic heterocycles. The maximum atomic E-state index is 11.8. The standard InChI is InChI=1S/C17H31N3O3S/c1-23-11-7-3-2-6-10-18-15(21)9-5-4-8-14-16-13(12-24-14)19-17(22)20-16/h13-14,16H,2-12H2,1H3,(H,18,21)(H2,19,20,22). The molecule has 3 unspecified atom stereocenters. The van der Waals surface area contributed by atoms with Crippen LogP contribution in [-0.4, -0.2) is 55.3 Å². The van der Waals surface area contributed by atoms with Crippen molar-refractivity contribution in [3.8, 4) is 0 Å². The van der Waals surface area contributed by atoms with E-state index in [1.165, 1.54) is 0 Å². The first kappa shape index (κ1) is 19.4. The highest BCUT2D eigenvalue weighted by atomic mass is 32.2. The first-order valence-electron chi connectivity index (χ1n) is 9.15. The van der Waals surface area contributed by atoms with Gasteiger partial charge >= 0.3 is 6.03 Å². The fourth-order valence-electron chi connectivity index (χ4n) is 3.32. The third-order valence-electron chi connectivity index (χ3n) is 4.68. The Labute approximate surface area is 149 Å². The van der Waals surface area contributed by atoms with Crippen LogP contribution in [-0.2, 0) is 9.53 Å². The molecule has 3 N–H and O–H groups in total. The van der Waals surface area contributed by atoms with Crippen LogP contribution in [0.3, 0.4) is 0 Å². The summed E-state index contributed by atoms with van der Waals surface area (Å²) in [6.07, 6.45) is 8.10. The van der Waals surface area contributed by atoms with E-state index in [9.17, 15) is 9.59 Å². The fraction of sp³-hybridized carbons (Fsp3) is 0.882. The number of hydrogen-bond acceptors (Lipinski definition) is 4. The number of unbranched alkanes of at least 4 members (excludes halogenated alkanes) is 4. The molecule has 0 aromatic carbocycles. The fourth-order valence-corrected chi connectivity index (χ4v) is 4.86. The molecule has 2 heterocycles. The average molecular weight is 358 g/mol. The average Bonchev–Trinajstić information content (AvgIpc) is 3.10. The number of carbonyl (C=O) groups excluding carboxylic acids is 2. The van der Waals surface area contributed by atoms with Gasteiger partial charge in [-0.25, -0.2) is 4.79 Å². The molecule has 0 radical (unpaired) electrons. The van der Waals surface area contributed by atoms with Crippen molar-refractivity contribution in [2.45, 2.75) is 68.7 Å². The Balaban J connectivity index is 1.43. The maximum Gasteiger partial charge on any atom is 0.315 e. The van der Waals surface area contributed by atoms with E-state index in [2.05, 4.69) is 16.0 Å². The normalized spacial score (nSPS) is 25.2. The van der Waals surface area contributed by atoms with Gasteiger partial charge in [-0.15, -0.1) is 0 Å². The Morgan fingerprint density at radius 2 is 2.04 bits per heavy atom. The van der Waals surface area contributed by atoms with E-state index in [1.54, 1.807) is 7.11 Å². The Bertz CT molecular complexity index is 409. The van der Waals surface area contributed by atoms with Crippen LogP contribution in [0, 0.1) is 0 Å². The van der Waals surface area contributed by atoms with Gasteiger partial charge in [-0.1, -0.05) is 19.3 Å². The zero-order chi connectivity index (χ0) is 17.2. The minimum atomic E-state index is -0.0307. The predicted molar refractivity (Wildman–Crippen MR) is 97.3 cm³/mol. The number of amides is 3. The van der Waals surface area contributed by atoms with Gasteiger partial charge in [0, 0.05) is 37.7 Å². The van der Waals surface area contributed by atoms with Gasteiger partial charge < -0.3 is 20.7 Å². The number of hydrogen-bond donors (Lipinski definition) is 3. The summed E-state index contributed by atoms with van der Waals surface area (Å²) in [5.74, 6) is 1.17. The van der Waals surface area contributed by atoms with E-state index in [0.717, 1.165) is 63.9 Å². The molecule has 3 atom stereocenters.